The van der Waals surface area contributed by atoms with Crippen molar-refractivity contribution in [2.24, 2.45) is 0 Å². The molecule has 0 aromatic carbocycles. The van der Waals surface area contributed by atoms with Crippen LogP contribution in [-0.2, 0) is 10.3 Å². The molecule has 120 valence electrons. The Morgan fingerprint density at radius 1 is 1.10 bits per heavy atom. The molecular formula is C17H31N3O. The molecule has 21 heavy (non-hydrogen) atoms. The van der Waals surface area contributed by atoms with Crippen molar-refractivity contribution in [2.45, 2.75) is 73.0 Å². The summed E-state index contributed by atoms with van der Waals surface area (Å²) in [5, 5.41) is 3.48. The van der Waals surface area contributed by atoms with E-state index in [4.69, 9.17) is 14.7 Å². The van der Waals surface area contributed by atoms with E-state index in [9.17, 15) is 0 Å². The lowest BCUT2D eigenvalue weighted by Gasteiger charge is -2.26. The van der Waals surface area contributed by atoms with Crippen LogP contribution in [0.1, 0.15) is 70.2 Å². The molecule has 0 aliphatic heterocycles. The number of nitrogens with zero attached hydrogens (tertiary/aromatic N) is 2. The van der Waals surface area contributed by atoms with Crippen LogP contribution >= 0.6 is 0 Å². The van der Waals surface area contributed by atoms with Crippen LogP contribution in [0.5, 0.6) is 0 Å². The number of hydrogen-bond donors (Lipinski definition) is 1. The van der Waals surface area contributed by atoms with Crippen LogP contribution in [0.15, 0.2) is 0 Å². The maximum Gasteiger partial charge on any atom is 0.160 e. The highest BCUT2D eigenvalue weighted by Gasteiger charge is 2.26. The first-order valence-corrected chi connectivity index (χ1v) is 7.92. The van der Waals surface area contributed by atoms with E-state index in [2.05, 4.69) is 39.9 Å². The van der Waals surface area contributed by atoms with E-state index in [0.717, 1.165) is 23.8 Å². The maximum absolute atomic E-state index is 5.77. The lowest BCUT2D eigenvalue weighted by Crippen LogP contribution is -2.29. The van der Waals surface area contributed by atoms with Gasteiger partial charge in [-0.05, 0) is 46.1 Å². The van der Waals surface area contributed by atoms with E-state index in [1.807, 2.05) is 20.8 Å². The summed E-state index contributed by atoms with van der Waals surface area (Å²) >= 11 is 0. The third-order valence-corrected chi connectivity index (χ3v) is 3.70. The zero-order chi connectivity index (χ0) is 16.2. The smallest absolute Gasteiger partial charge is 0.160 e. The highest BCUT2D eigenvalue weighted by Crippen LogP contribution is 2.26. The van der Waals surface area contributed by atoms with E-state index in [-0.39, 0.29) is 0 Å². The first kappa shape index (κ1) is 18.1. The zero-order valence-corrected chi connectivity index (χ0v) is 14.9. The molecule has 0 spiro atoms. The van der Waals surface area contributed by atoms with E-state index >= 15 is 0 Å². The Bertz CT molecular complexity index is 446. The Hall–Kier alpha value is -1.00. The van der Waals surface area contributed by atoms with Crippen LogP contribution in [-0.4, -0.2) is 29.2 Å². The summed E-state index contributed by atoms with van der Waals surface area (Å²) in [5.41, 5.74) is 2.92. The van der Waals surface area contributed by atoms with E-state index in [1.54, 1.807) is 0 Å². The third-order valence-electron chi connectivity index (χ3n) is 3.70. The minimum atomic E-state index is -0.442. The number of ether oxygens (including phenoxy) is 1. The van der Waals surface area contributed by atoms with Crippen molar-refractivity contribution < 1.29 is 4.74 Å². The average Bonchev–Trinajstić information content (AvgIpc) is 2.35. The third kappa shape index (κ3) is 4.75. The van der Waals surface area contributed by atoms with Gasteiger partial charge in [0.05, 0.1) is 0 Å². The highest BCUT2D eigenvalue weighted by atomic mass is 16.5. The Morgan fingerprint density at radius 2 is 1.62 bits per heavy atom. The predicted molar refractivity (Wildman–Crippen MR) is 87.7 cm³/mol. The van der Waals surface area contributed by atoms with Gasteiger partial charge in [0, 0.05) is 30.6 Å². The first-order chi connectivity index (χ1) is 9.69. The largest absolute Gasteiger partial charge is 0.368 e. The van der Waals surface area contributed by atoms with Crippen LogP contribution in [0.2, 0.25) is 0 Å². The number of aryl methyl sites for hydroxylation is 2. The van der Waals surface area contributed by atoms with E-state index in [0.29, 0.717) is 18.6 Å². The molecule has 1 atom stereocenters. The van der Waals surface area contributed by atoms with Gasteiger partial charge in [0.25, 0.3) is 0 Å². The molecule has 0 amide bonds. The number of aromatic nitrogens is 2. The molecule has 4 nitrogen and oxygen atoms in total. The number of nitrogens with one attached hydrogen (secondary N) is 1. The molecular weight excluding hydrogens is 262 g/mol. The van der Waals surface area contributed by atoms with Crippen molar-refractivity contribution >= 4 is 0 Å². The molecule has 1 heterocycles. The molecule has 0 saturated heterocycles. The molecule has 0 fully saturated rings. The SMILES string of the molecule is CCOC(C)(C)c1nc(C)c(C(C)CNC(C)C)c(C)n1. The van der Waals surface area contributed by atoms with Crippen molar-refractivity contribution in [1.82, 2.24) is 15.3 Å². The van der Waals surface area contributed by atoms with Crippen molar-refractivity contribution in [3.8, 4) is 0 Å². The molecule has 4 heteroatoms. The topological polar surface area (TPSA) is 47.0 Å². The van der Waals surface area contributed by atoms with E-state index in [1.165, 1.54) is 5.56 Å². The Balaban J connectivity index is 3.05. The molecule has 0 aliphatic rings. The summed E-state index contributed by atoms with van der Waals surface area (Å²) < 4.78 is 5.77. The van der Waals surface area contributed by atoms with Crippen LogP contribution in [0.25, 0.3) is 0 Å². The lowest BCUT2D eigenvalue weighted by atomic mass is 9.97. The van der Waals surface area contributed by atoms with Crippen molar-refractivity contribution in [2.75, 3.05) is 13.2 Å². The zero-order valence-electron chi connectivity index (χ0n) is 14.9. The summed E-state index contributed by atoms with van der Waals surface area (Å²) in [6, 6.07) is 0.491. The lowest BCUT2D eigenvalue weighted by molar-refractivity contribution is -0.0210. The molecule has 1 rings (SSSR count). The molecule has 0 aliphatic carbocycles. The number of rotatable bonds is 7. The van der Waals surface area contributed by atoms with Crippen molar-refractivity contribution in [3.63, 3.8) is 0 Å². The quantitative estimate of drug-likeness (QED) is 0.836. The molecule has 0 bridgehead atoms. The second kappa shape index (κ2) is 7.32. The standard InChI is InChI=1S/C17H31N3O/c1-9-21-17(7,8)16-19-13(5)15(14(6)20-16)12(4)10-18-11(2)3/h11-12,18H,9-10H2,1-8H3. The summed E-state index contributed by atoms with van der Waals surface area (Å²) in [6.07, 6.45) is 0. The van der Waals surface area contributed by atoms with Crippen molar-refractivity contribution in [3.05, 3.63) is 22.8 Å². The van der Waals surface area contributed by atoms with Gasteiger partial charge >= 0.3 is 0 Å². The highest BCUT2D eigenvalue weighted by molar-refractivity contribution is 5.29. The van der Waals surface area contributed by atoms with Gasteiger partial charge in [-0.3, -0.25) is 0 Å². The summed E-state index contributed by atoms with van der Waals surface area (Å²) in [5.74, 6) is 1.17. The normalized spacial score (nSPS) is 13.8. The predicted octanol–water partition coefficient (Wildman–Crippen LogP) is 3.47. The van der Waals surface area contributed by atoms with E-state index < -0.39 is 5.60 Å². The molecule has 0 radical (unpaired) electrons. The second-order valence-corrected chi connectivity index (χ2v) is 6.54. The number of hydrogen-bond acceptors (Lipinski definition) is 4. The summed E-state index contributed by atoms with van der Waals surface area (Å²) in [4.78, 5) is 9.42. The molecule has 1 aromatic heterocycles. The average molecular weight is 293 g/mol. The van der Waals surface area contributed by atoms with Gasteiger partial charge in [-0.1, -0.05) is 20.8 Å². The molecule has 1 N–H and O–H groups in total. The minimum Gasteiger partial charge on any atom is -0.368 e. The fourth-order valence-electron chi connectivity index (χ4n) is 2.65. The Morgan fingerprint density at radius 3 is 2.05 bits per heavy atom. The van der Waals surface area contributed by atoms with Gasteiger partial charge in [0.1, 0.15) is 5.60 Å². The molecule has 1 aromatic rings. The van der Waals surface area contributed by atoms with Gasteiger partial charge in [-0.2, -0.15) is 0 Å². The fourth-order valence-corrected chi connectivity index (χ4v) is 2.65. The van der Waals surface area contributed by atoms with Crippen LogP contribution in [0, 0.1) is 13.8 Å². The second-order valence-electron chi connectivity index (χ2n) is 6.54. The van der Waals surface area contributed by atoms with Crippen LogP contribution in [0.4, 0.5) is 0 Å². The summed E-state index contributed by atoms with van der Waals surface area (Å²) in [7, 11) is 0. The molecule has 1 unspecified atom stereocenters. The minimum absolute atomic E-state index is 0.400. The Kier molecular flexibility index (Phi) is 6.29. The molecule has 0 saturated carbocycles. The van der Waals surface area contributed by atoms with Crippen molar-refractivity contribution in [1.29, 1.82) is 0 Å². The van der Waals surface area contributed by atoms with Crippen LogP contribution in [0.3, 0.4) is 0 Å². The van der Waals surface area contributed by atoms with Gasteiger partial charge in [-0.15, -0.1) is 0 Å². The monoisotopic (exact) mass is 293 g/mol. The maximum atomic E-state index is 5.77. The van der Waals surface area contributed by atoms with Gasteiger partial charge in [0.2, 0.25) is 0 Å². The first-order valence-electron chi connectivity index (χ1n) is 7.92. The van der Waals surface area contributed by atoms with Crippen LogP contribution < -0.4 is 5.32 Å². The van der Waals surface area contributed by atoms with Gasteiger partial charge < -0.3 is 10.1 Å². The van der Waals surface area contributed by atoms with Gasteiger partial charge in [0.15, 0.2) is 5.82 Å². The fraction of sp³-hybridized carbons (Fsp3) is 0.765. The Labute approximate surface area is 129 Å². The van der Waals surface area contributed by atoms with Gasteiger partial charge in [-0.25, -0.2) is 9.97 Å². The summed E-state index contributed by atoms with van der Waals surface area (Å²) in [6.45, 7) is 18.3.